The fourth-order valence-corrected chi connectivity index (χ4v) is 4.88. The number of hydrogen-bond acceptors (Lipinski definition) is 4. The molecule has 3 aromatic rings. The fourth-order valence-electron chi connectivity index (χ4n) is 3.45. The van der Waals surface area contributed by atoms with Gasteiger partial charge in [-0.3, -0.25) is 4.72 Å². The van der Waals surface area contributed by atoms with Crippen molar-refractivity contribution in [1.82, 2.24) is 4.98 Å². The van der Waals surface area contributed by atoms with Crippen LogP contribution in [0, 0.1) is 6.92 Å². The van der Waals surface area contributed by atoms with Crippen LogP contribution in [-0.2, 0) is 22.9 Å². The third-order valence-electron chi connectivity index (χ3n) is 4.57. The summed E-state index contributed by atoms with van der Waals surface area (Å²) in [6, 6.07) is 14.0. The number of rotatable bonds is 3. The van der Waals surface area contributed by atoms with Crippen LogP contribution in [0.2, 0.25) is 0 Å². The molecule has 0 saturated heterocycles. The summed E-state index contributed by atoms with van der Waals surface area (Å²) in [5.41, 5.74) is 9.51. The number of aryl methyl sites for hydroxylation is 3. The lowest BCUT2D eigenvalue weighted by Gasteiger charge is -2.11. The Morgan fingerprint density at radius 3 is 2.81 bits per heavy atom. The van der Waals surface area contributed by atoms with Crippen molar-refractivity contribution in [2.24, 2.45) is 0 Å². The Hall–Kier alpha value is -2.44. The van der Waals surface area contributed by atoms with Crippen molar-refractivity contribution in [3.8, 4) is 0 Å². The van der Waals surface area contributed by atoms with Gasteiger partial charge in [0.2, 0.25) is 10.0 Å². The van der Waals surface area contributed by atoms with Crippen molar-refractivity contribution in [2.45, 2.75) is 19.8 Å². The Bertz CT molecular complexity index is 1140. The highest BCUT2D eigenvalue weighted by Gasteiger charge is 2.20. The minimum absolute atomic E-state index is 0.564. The smallest absolute Gasteiger partial charge is 0.229 e. The Balaban J connectivity index is 1.85. The summed E-state index contributed by atoms with van der Waals surface area (Å²) < 4.78 is 25.6. The third kappa shape index (κ3) is 3.96. The molecule has 0 radical (unpaired) electrons. The molecular formula is C21H20N2O2S2. The molecule has 0 fully saturated rings. The Kier molecular flexibility index (Phi) is 4.61. The normalized spacial score (nSPS) is 15.1. The van der Waals surface area contributed by atoms with Gasteiger partial charge in [0.1, 0.15) is 0 Å². The molecule has 1 aliphatic rings. The quantitative estimate of drug-likeness (QED) is 0.709. The van der Waals surface area contributed by atoms with Crippen LogP contribution >= 0.6 is 11.3 Å². The number of nitrogens with one attached hydrogen (secondary N) is 1. The van der Waals surface area contributed by atoms with Crippen LogP contribution < -0.4 is 4.72 Å². The molecule has 0 atom stereocenters. The second-order valence-corrected chi connectivity index (χ2v) is 9.45. The number of thiazole rings is 1. The second kappa shape index (κ2) is 6.94. The SMILES string of the molecule is Cc1ccc2c(c1)CCc1ncsc1/C2=C/c1cccc(NS(C)(=O)=O)c1. The van der Waals surface area contributed by atoms with E-state index in [0.29, 0.717) is 5.69 Å². The van der Waals surface area contributed by atoms with Gasteiger partial charge >= 0.3 is 0 Å². The summed E-state index contributed by atoms with van der Waals surface area (Å²) in [6.07, 6.45) is 5.19. The highest BCUT2D eigenvalue weighted by Crippen LogP contribution is 2.37. The van der Waals surface area contributed by atoms with Crippen LogP contribution in [0.3, 0.4) is 0 Å². The van der Waals surface area contributed by atoms with E-state index in [2.05, 4.69) is 40.9 Å². The molecule has 27 heavy (non-hydrogen) atoms. The lowest BCUT2D eigenvalue weighted by atomic mass is 9.95. The third-order valence-corrected chi connectivity index (χ3v) is 6.08. The summed E-state index contributed by atoms with van der Waals surface area (Å²) in [5, 5.41) is 0. The van der Waals surface area contributed by atoms with Gasteiger partial charge < -0.3 is 0 Å². The minimum atomic E-state index is -3.30. The van der Waals surface area contributed by atoms with Gasteiger partial charge in [-0.2, -0.15) is 0 Å². The molecule has 6 heteroatoms. The zero-order valence-electron chi connectivity index (χ0n) is 15.2. The first-order valence-corrected chi connectivity index (χ1v) is 11.5. The molecule has 1 aliphatic carbocycles. The summed E-state index contributed by atoms with van der Waals surface area (Å²) in [5.74, 6) is 0. The van der Waals surface area contributed by atoms with Crippen molar-refractivity contribution in [3.63, 3.8) is 0 Å². The van der Waals surface area contributed by atoms with E-state index in [0.717, 1.165) is 35.9 Å². The van der Waals surface area contributed by atoms with Gasteiger partial charge in [0.15, 0.2) is 0 Å². The highest BCUT2D eigenvalue weighted by molar-refractivity contribution is 7.92. The van der Waals surface area contributed by atoms with Gasteiger partial charge in [-0.1, -0.05) is 35.9 Å². The van der Waals surface area contributed by atoms with Crippen LogP contribution in [0.25, 0.3) is 11.6 Å². The number of nitrogens with zero attached hydrogens (tertiary/aromatic N) is 1. The Labute approximate surface area is 163 Å². The number of aromatic nitrogens is 1. The lowest BCUT2D eigenvalue weighted by Crippen LogP contribution is -2.09. The van der Waals surface area contributed by atoms with E-state index in [1.54, 1.807) is 17.4 Å². The van der Waals surface area contributed by atoms with Crippen molar-refractivity contribution < 1.29 is 8.42 Å². The van der Waals surface area contributed by atoms with Gasteiger partial charge in [-0.25, -0.2) is 13.4 Å². The highest BCUT2D eigenvalue weighted by atomic mass is 32.2. The maximum Gasteiger partial charge on any atom is 0.229 e. The van der Waals surface area contributed by atoms with Crippen LogP contribution in [0.4, 0.5) is 5.69 Å². The summed E-state index contributed by atoms with van der Waals surface area (Å²) in [4.78, 5) is 5.76. The van der Waals surface area contributed by atoms with E-state index < -0.39 is 10.0 Å². The molecule has 1 heterocycles. The summed E-state index contributed by atoms with van der Waals surface area (Å²) >= 11 is 1.66. The molecule has 4 nitrogen and oxygen atoms in total. The largest absolute Gasteiger partial charge is 0.284 e. The topological polar surface area (TPSA) is 59.1 Å². The van der Waals surface area contributed by atoms with E-state index in [4.69, 9.17) is 0 Å². The molecule has 0 unspecified atom stereocenters. The van der Waals surface area contributed by atoms with Gasteiger partial charge in [-0.05, 0) is 54.7 Å². The molecule has 1 aromatic heterocycles. The van der Waals surface area contributed by atoms with Gasteiger partial charge in [0, 0.05) is 11.3 Å². The van der Waals surface area contributed by atoms with Crippen LogP contribution in [0.1, 0.15) is 32.8 Å². The van der Waals surface area contributed by atoms with E-state index >= 15 is 0 Å². The first-order chi connectivity index (χ1) is 12.9. The average Bonchev–Trinajstić information content (AvgIpc) is 3.00. The first-order valence-electron chi connectivity index (χ1n) is 8.71. The average molecular weight is 397 g/mol. The summed E-state index contributed by atoms with van der Waals surface area (Å²) in [7, 11) is -3.30. The lowest BCUT2D eigenvalue weighted by molar-refractivity contribution is 0.607. The number of anilines is 1. The second-order valence-electron chi connectivity index (χ2n) is 6.85. The van der Waals surface area contributed by atoms with E-state index in [-0.39, 0.29) is 0 Å². The zero-order valence-corrected chi connectivity index (χ0v) is 16.8. The van der Waals surface area contributed by atoms with E-state index in [1.807, 2.05) is 23.7 Å². The molecule has 1 N–H and O–H groups in total. The molecule has 0 saturated carbocycles. The minimum Gasteiger partial charge on any atom is -0.284 e. The number of benzene rings is 2. The van der Waals surface area contributed by atoms with Crippen molar-refractivity contribution in [3.05, 3.63) is 80.8 Å². The number of hydrogen-bond donors (Lipinski definition) is 1. The van der Waals surface area contributed by atoms with Crippen molar-refractivity contribution in [1.29, 1.82) is 0 Å². The predicted molar refractivity (Wildman–Crippen MR) is 113 cm³/mol. The van der Waals surface area contributed by atoms with Gasteiger partial charge in [0.25, 0.3) is 0 Å². The number of fused-ring (bicyclic) bond motifs is 2. The predicted octanol–water partition coefficient (Wildman–Crippen LogP) is 4.51. The monoisotopic (exact) mass is 396 g/mol. The molecule has 0 spiro atoms. The zero-order chi connectivity index (χ0) is 19.0. The maximum absolute atomic E-state index is 11.5. The van der Waals surface area contributed by atoms with Crippen molar-refractivity contribution >= 4 is 38.7 Å². The molecule has 138 valence electrons. The molecule has 0 bridgehead atoms. The van der Waals surface area contributed by atoms with E-state index in [1.165, 1.54) is 21.6 Å². The van der Waals surface area contributed by atoms with Crippen LogP contribution in [0.15, 0.2) is 48.0 Å². The summed E-state index contributed by atoms with van der Waals surface area (Å²) in [6.45, 7) is 2.11. The number of sulfonamides is 1. The Morgan fingerprint density at radius 2 is 2.00 bits per heavy atom. The van der Waals surface area contributed by atoms with Crippen LogP contribution in [-0.4, -0.2) is 19.7 Å². The molecule has 2 aromatic carbocycles. The van der Waals surface area contributed by atoms with Crippen LogP contribution in [0.5, 0.6) is 0 Å². The first kappa shape index (κ1) is 17.9. The molecule has 4 rings (SSSR count). The standard InChI is InChI=1S/C21H20N2O2S2/c1-14-6-8-18-16(10-14)7-9-20-21(26-13-22-20)19(18)12-15-4-3-5-17(11-15)23-27(2,24)25/h3-6,8,10-13,23H,7,9H2,1-2H3/b19-12+. The van der Waals surface area contributed by atoms with Crippen molar-refractivity contribution in [2.75, 3.05) is 11.0 Å². The van der Waals surface area contributed by atoms with E-state index in [9.17, 15) is 8.42 Å². The van der Waals surface area contributed by atoms with Gasteiger partial charge in [0.05, 0.1) is 22.3 Å². The Morgan fingerprint density at radius 1 is 1.15 bits per heavy atom. The molecule has 0 aliphatic heterocycles. The molecular weight excluding hydrogens is 376 g/mol. The van der Waals surface area contributed by atoms with Gasteiger partial charge in [-0.15, -0.1) is 11.3 Å². The maximum atomic E-state index is 11.5. The molecule has 0 amide bonds. The fraction of sp³-hybridized carbons (Fsp3) is 0.190.